The summed E-state index contributed by atoms with van der Waals surface area (Å²) < 4.78 is 0. The van der Waals surface area contributed by atoms with Crippen LogP contribution in [0.1, 0.15) is 60.3 Å². The highest BCUT2D eigenvalue weighted by atomic mass is 16.4. The molecule has 1 fully saturated rings. The van der Waals surface area contributed by atoms with Crippen molar-refractivity contribution in [2.75, 3.05) is 5.32 Å². The minimum Gasteiger partial charge on any atom is -0.481 e. The van der Waals surface area contributed by atoms with Gasteiger partial charge in [-0.3, -0.25) is 14.6 Å². The molecule has 1 heterocycles. The van der Waals surface area contributed by atoms with Crippen molar-refractivity contribution < 1.29 is 14.7 Å². The molecule has 0 saturated heterocycles. The van der Waals surface area contributed by atoms with E-state index in [1.165, 1.54) is 5.56 Å². The average Bonchev–Trinajstić information content (AvgIpc) is 3.35. The maximum Gasteiger partial charge on any atom is 0.303 e. The summed E-state index contributed by atoms with van der Waals surface area (Å²) in [6, 6.07) is 16.1. The van der Waals surface area contributed by atoms with Gasteiger partial charge in [0, 0.05) is 30.1 Å². The van der Waals surface area contributed by atoms with Crippen molar-refractivity contribution in [2.24, 2.45) is 5.92 Å². The molecule has 1 aromatic heterocycles. The van der Waals surface area contributed by atoms with E-state index in [1.807, 2.05) is 37.4 Å². The Labute approximate surface area is 201 Å². The van der Waals surface area contributed by atoms with Crippen LogP contribution in [0.2, 0.25) is 0 Å². The number of nitrogens with one attached hydrogen (secondary N) is 1. The van der Waals surface area contributed by atoms with E-state index < -0.39 is 5.97 Å². The van der Waals surface area contributed by atoms with Gasteiger partial charge in [0.05, 0.1) is 5.92 Å². The lowest BCUT2D eigenvalue weighted by Crippen LogP contribution is -2.27. The molecule has 0 unspecified atom stereocenters. The van der Waals surface area contributed by atoms with E-state index in [9.17, 15) is 9.59 Å². The highest BCUT2D eigenvalue weighted by Gasteiger charge is 2.32. The van der Waals surface area contributed by atoms with E-state index in [4.69, 9.17) is 5.11 Å². The Morgan fingerprint density at radius 3 is 2.47 bits per heavy atom. The van der Waals surface area contributed by atoms with Crippen LogP contribution in [0.5, 0.6) is 0 Å². The van der Waals surface area contributed by atoms with Crippen LogP contribution in [0, 0.1) is 19.8 Å². The fourth-order valence-corrected chi connectivity index (χ4v) is 5.11. The minimum atomic E-state index is -0.819. The van der Waals surface area contributed by atoms with Crippen LogP contribution < -0.4 is 5.32 Å². The monoisotopic (exact) mass is 456 g/mol. The van der Waals surface area contributed by atoms with Crippen LogP contribution >= 0.6 is 0 Å². The van der Waals surface area contributed by atoms with Gasteiger partial charge in [0.2, 0.25) is 5.91 Å². The van der Waals surface area contributed by atoms with Crippen LogP contribution in [0.25, 0.3) is 11.1 Å². The maximum atomic E-state index is 13.6. The first-order valence-electron chi connectivity index (χ1n) is 12.1. The number of carboxylic acids is 1. The Bertz CT molecular complexity index is 1160. The molecule has 2 N–H and O–H groups in total. The second-order valence-electron chi connectivity index (χ2n) is 9.31. The van der Waals surface area contributed by atoms with Crippen LogP contribution in [0.3, 0.4) is 0 Å². The zero-order chi connectivity index (χ0) is 24.1. The third kappa shape index (κ3) is 5.36. The molecule has 1 saturated carbocycles. The highest BCUT2D eigenvalue weighted by Crippen LogP contribution is 2.39. The van der Waals surface area contributed by atoms with Gasteiger partial charge in [-0.25, -0.2) is 0 Å². The number of amides is 1. The number of benzene rings is 2. The predicted octanol–water partition coefficient (Wildman–Crippen LogP) is 6.30. The molecule has 0 aliphatic heterocycles. The third-order valence-corrected chi connectivity index (χ3v) is 7.09. The molecule has 0 spiro atoms. The summed E-state index contributed by atoms with van der Waals surface area (Å²) >= 11 is 0. The van der Waals surface area contributed by atoms with Gasteiger partial charge in [0.25, 0.3) is 0 Å². The number of carboxylic acid groups (broad SMARTS) is 1. The van der Waals surface area contributed by atoms with Gasteiger partial charge < -0.3 is 10.4 Å². The third-order valence-electron chi connectivity index (χ3n) is 7.09. The molecule has 4 rings (SSSR count). The number of carbonyl (C=O) groups is 2. The highest BCUT2D eigenvalue weighted by molar-refractivity contribution is 5.97. The zero-order valence-corrected chi connectivity index (χ0v) is 19.9. The molecule has 5 nitrogen and oxygen atoms in total. The number of aliphatic carboxylic acids is 1. The first-order chi connectivity index (χ1) is 16.4. The average molecular weight is 457 g/mol. The van der Waals surface area contributed by atoms with E-state index in [-0.39, 0.29) is 18.2 Å². The van der Waals surface area contributed by atoms with Crippen molar-refractivity contribution in [3.05, 3.63) is 83.2 Å². The maximum absolute atomic E-state index is 13.6. The van der Waals surface area contributed by atoms with Crippen molar-refractivity contribution in [3.8, 4) is 11.1 Å². The van der Waals surface area contributed by atoms with Gasteiger partial charge in [-0.2, -0.15) is 0 Å². The summed E-state index contributed by atoms with van der Waals surface area (Å²) in [5, 5.41) is 12.2. The van der Waals surface area contributed by atoms with E-state index in [0.29, 0.717) is 12.3 Å². The summed E-state index contributed by atoms with van der Waals surface area (Å²) in [6.07, 6.45) is 8.63. The molecule has 1 aliphatic carbocycles. The summed E-state index contributed by atoms with van der Waals surface area (Å²) in [7, 11) is 0. The Kier molecular flexibility index (Phi) is 7.41. The van der Waals surface area contributed by atoms with Crippen molar-refractivity contribution in [3.63, 3.8) is 0 Å². The van der Waals surface area contributed by atoms with Gasteiger partial charge >= 0.3 is 5.97 Å². The number of hydrogen-bond acceptors (Lipinski definition) is 3. The first-order valence-corrected chi connectivity index (χ1v) is 12.1. The fraction of sp³-hybridized carbons (Fsp3) is 0.345. The normalized spacial score (nSPS) is 14.6. The molecule has 2 aromatic carbocycles. The number of anilines is 1. The standard InChI is InChI=1S/C29H32N2O3/c1-19-16-17-30-18-25(19)22-10-12-24(13-11-22)28(23-6-3-4-7-23)29(34)31-26-9-5-8-21(20(26)2)14-15-27(32)33/h5,8-13,16-18,23,28H,3-4,6-7,14-15H2,1-2H3,(H,31,34)(H,32,33)/t28-/m1/s1. The van der Waals surface area contributed by atoms with Crippen LogP contribution in [0.4, 0.5) is 5.69 Å². The Balaban J connectivity index is 1.59. The largest absolute Gasteiger partial charge is 0.481 e. The lowest BCUT2D eigenvalue weighted by atomic mass is 9.83. The van der Waals surface area contributed by atoms with Gasteiger partial charge in [-0.05, 0) is 79.0 Å². The van der Waals surface area contributed by atoms with Gasteiger partial charge in [0.15, 0.2) is 0 Å². The second-order valence-corrected chi connectivity index (χ2v) is 9.31. The summed E-state index contributed by atoms with van der Waals surface area (Å²) in [5.41, 5.74) is 7.06. The molecule has 3 aromatic rings. The summed E-state index contributed by atoms with van der Waals surface area (Å²) in [4.78, 5) is 28.9. The molecule has 0 bridgehead atoms. The zero-order valence-electron chi connectivity index (χ0n) is 19.9. The Hall–Kier alpha value is -3.47. The fourth-order valence-electron chi connectivity index (χ4n) is 5.11. The van der Waals surface area contributed by atoms with E-state index in [1.54, 1.807) is 6.20 Å². The number of aryl methyl sites for hydroxylation is 2. The molecule has 1 aliphatic rings. The summed E-state index contributed by atoms with van der Waals surface area (Å²) in [5.74, 6) is -0.703. The quantitative estimate of drug-likeness (QED) is 0.417. The smallest absolute Gasteiger partial charge is 0.303 e. The molecule has 1 atom stereocenters. The van der Waals surface area contributed by atoms with Gasteiger partial charge in [-0.1, -0.05) is 49.2 Å². The van der Waals surface area contributed by atoms with Crippen molar-refractivity contribution in [1.82, 2.24) is 4.98 Å². The lowest BCUT2D eigenvalue weighted by Gasteiger charge is -2.24. The molecule has 34 heavy (non-hydrogen) atoms. The molecule has 0 radical (unpaired) electrons. The molecule has 176 valence electrons. The predicted molar refractivity (Wildman–Crippen MR) is 135 cm³/mol. The van der Waals surface area contributed by atoms with Crippen LogP contribution in [-0.4, -0.2) is 22.0 Å². The van der Waals surface area contributed by atoms with Crippen LogP contribution in [-0.2, 0) is 16.0 Å². The second kappa shape index (κ2) is 10.6. The molecule has 1 amide bonds. The number of aromatic nitrogens is 1. The van der Waals surface area contributed by atoms with Crippen molar-refractivity contribution in [2.45, 2.75) is 58.3 Å². The SMILES string of the molecule is Cc1ccncc1-c1ccc([C@H](C(=O)Nc2cccc(CCC(=O)O)c2C)C2CCCC2)cc1. The van der Waals surface area contributed by atoms with E-state index in [0.717, 1.165) is 59.2 Å². The van der Waals surface area contributed by atoms with Crippen molar-refractivity contribution >= 4 is 17.6 Å². The number of pyridine rings is 1. The first kappa shape index (κ1) is 23.7. The number of hydrogen-bond donors (Lipinski definition) is 2. The number of nitrogens with zero attached hydrogens (tertiary/aromatic N) is 1. The number of carbonyl (C=O) groups excluding carboxylic acids is 1. The molecule has 5 heteroatoms. The Morgan fingerprint density at radius 1 is 1.06 bits per heavy atom. The molecular formula is C29H32N2O3. The van der Waals surface area contributed by atoms with Gasteiger partial charge in [0.1, 0.15) is 0 Å². The van der Waals surface area contributed by atoms with E-state index >= 15 is 0 Å². The Morgan fingerprint density at radius 2 is 1.79 bits per heavy atom. The van der Waals surface area contributed by atoms with Gasteiger partial charge in [-0.15, -0.1) is 0 Å². The minimum absolute atomic E-state index is 0.00990. The van der Waals surface area contributed by atoms with Crippen molar-refractivity contribution in [1.29, 1.82) is 0 Å². The topological polar surface area (TPSA) is 79.3 Å². The number of rotatable bonds is 8. The lowest BCUT2D eigenvalue weighted by molar-refractivity contribution is -0.137. The van der Waals surface area contributed by atoms with E-state index in [2.05, 4.69) is 41.5 Å². The summed E-state index contributed by atoms with van der Waals surface area (Å²) in [6.45, 7) is 4.02. The van der Waals surface area contributed by atoms with Crippen LogP contribution in [0.15, 0.2) is 60.9 Å². The molecular weight excluding hydrogens is 424 g/mol.